The van der Waals surface area contributed by atoms with Crippen LogP contribution < -0.4 is 10.1 Å². The fraction of sp³-hybridized carbons (Fsp3) is 0.211. The summed E-state index contributed by atoms with van der Waals surface area (Å²) in [6.07, 6.45) is 1.65. The van der Waals surface area contributed by atoms with Crippen LogP contribution in [0.3, 0.4) is 0 Å². The number of para-hydroxylation sites is 1. The second-order valence-electron chi connectivity index (χ2n) is 5.24. The lowest BCUT2D eigenvalue weighted by molar-refractivity contribution is 0.102. The van der Waals surface area contributed by atoms with E-state index in [0.717, 1.165) is 27.8 Å². The first-order valence-electron chi connectivity index (χ1n) is 8.29. The van der Waals surface area contributed by atoms with Crippen molar-refractivity contribution in [2.75, 3.05) is 17.7 Å². The molecule has 0 fully saturated rings. The molecular weight excluding hydrogens is 366 g/mol. The first-order chi connectivity index (χ1) is 12.7. The monoisotopic (exact) mass is 385 g/mol. The van der Waals surface area contributed by atoms with Crippen LogP contribution in [-0.4, -0.2) is 28.2 Å². The molecule has 5 nitrogen and oxygen atoms in total. The molecule has 134 valence electrons. The molecule has 7 heteroatoms. The van der Waals surface area contributed by atoms with Crippen molar-refractivity contribution >= 4 is 34.1 Å². The zero-order valence-electron chi connectivity index (χ0n) is 14.6. The average molecular weight is 386 g/mol. The van der Waals surface area contributed by atoms with Crippen LogP contribution in [0.2, 0.25) is 0 Å². The number of thiazole rings is 1. The molecule has 0 radical (unpaired) electrons. The second-order valence-corrected chi connectivity index (χ2v) is 7.38. The van der Waals surface area contributed by atoms with Crippen LogP contribution in [0.5, 0.6) is 5.75 Å². The topological polar surface area (TPSA) is 64.1 Å². The van der Waals surface area contributed by atoms with Crippen molar-refractivity contribution in [3.05, 3.63) is 53.5 Å². The van der Waals surface area contributed by atoms with Crippen molar-refractivity contribution in [3.8, 4) is 17.0 Å². The molecule has 0 unspecified atom stereocenters. The van der Waals surface area contributed by atoms with Crippen LogP contribution in [0.1, 0.15) is 24.2 Å². The number of benzene rings is 1. The molecular formula is C19H19N3O2S2. The number of anilines is 1. The Hall–Kier alpha value is -2.38. The van der Waals surface area contributed by atoms with Gasteiger partial charge in [-0.25, -0.2) is 9.97 Å². The normalized spacial score (nSPS) is 10.5. The molecule has 0 saturated carbocycles. The van der Waals surface area contributed by atoms with E-state index in [4.69, 9.17) is 4.74 Å². The molecule has 26 heavy (non-hydrogen) atoms. The fourth-order valence-corrected chi connectivity index (χ4v) is 3.71. The molecule has 2 aromatic heterocycles. The second kappa shape index (κ2) is 8.82. The highest BCUT2D eigenvalue weighted by Crippen LogP contribution is 2.32. The number of nitrogens with one attached hydrogen (secondary N) is 1. The number of carbonyl (C=O) groups excluding carboxylic acids is 1. The van der Waals surface area contributed by atoms with Gasteiger partial charge in [0, 0.05) is 22.7 Å². The largest absolute Gasteiger partial charge is 0.493 e. The minimum Gasteiger partial charge on any atom is -0.493 e. The average Bonchev–Trinajstić information content (AvgIpc) is 3.11. The van der Waals surface area contributed by atoms with Crippen molar-refractivity contribution in [2.24, 2.45) is 0 Å². The Morgan fingerprint density at radius 1 is 1.27 bits per heavy atom. The molecule has 0 aliphatic heterocycles. The lowest BCUT2D eigenvalue weighted by atomic mass is 10.1. The Balaban J connectivity index is 1.76. The van der Waals surface area contributed by atoms with E-state index in [0.29, 0.717) is 17.3 Å². The quantitative estimate of drug-likeness (QED) is 0.582. The standard InChI is InChI=1S/C19H19N3O2S2/c1-3-24-16-8-6-5-7-14(16)15-12-26-19(21-15)22-18(23)13-9-10-20-17(11-13)25-4-2/h5-12H,3-4H2,1-2H3,(H,21,22,23). The Kier molecular flexibility index (Phi) is 6.25. The predicted molar refractivity (Wildman–Crippen MR) is 107 cm³/mol. The third-order valence-electron chi connectivity index (χ3n) is 3.48. The number of hydrogen-bond donors (Lipinski definition) is 1. The zero-order valence-corrected chi connectivity index (χ0v) is 16.2. The SMILES string of the molecule is CCOc1ccccc1-c1csc(NC(=O)c2ccnc(SCC)c2)n1. The van der Waals surface area contributed by atoms with Gasteiger partial charge in [0.2, 0.25) is 0 Å². The Morgan fingerprint density at radius 2 is 2.12 bits per heavy atom. The van der Waals surface area contributed by atoms with Gasteiger partial charge in [0.1, 0.15) is 5.75 Å². The molecule has 1 amide bonds. The summed E-state index contributed by atoms with van der Waals surface area (Å²) in [6, 6.07) is 11.2. The van der Waals surface area contributed by atoms with Crippen LogP contribution >= 0.6 is 23.1 Å². The molecule has 0 spiro atoms. The van der Waals surface area contributed by atoms with Crippen LogP contribution in [0.25, 0.3) is 11.3 Å². The minimum absolute atomic E-state index is 0.190. The maximum absolute atomic E-state index is 12.5. The molecule has 1 N–H and O–H groups in total. The Morgan fingerprint density at radius 3 is 2.92 bits per heavy atom. The van der Waals surface area contributed by atoms with E-state index >= 15 is 0 Å². The molecule has 0 saturated heterocycles. The van der Waals surface area contributed by atoms with Gasteiger partial charge in [-0.2, -0.15) is 0 Å². The number of nitrogens with zero attached hydrogens (tertiary/aromatic N) is 2. The molecule has 3 rings (SSSR count). The molecule has 0 aliphatic rings. The van der Waals surface area contributed by atoms with Crippen molar-refractivity contribution in [2.45, 2.75) is 18.9 Å². The highest BCUT2D eigenvalue weighted by Gasteiger charge is 2.13. The summed E-state index contributed by atoms with van der Waals surface area (Å²) in [7, 11) is 0. The third kappa shape index (κ3) is 4.42. The van der Waals surface area contributed by atoms with E-state index in [1.165, 1.54) is 11.3 Å². The van der Waals surface area contributed by atoms with Crippen molar-refractivity contribution in [3.63, 3.8) is 0 Å². The smallest absolute Gasteiger partial charge is 0.257 e. The number of rotatable bonds is 7. The summed E-state index contributed by atoms with van der Waals surface area (Å²) in [6.45, 7) is 4.59. The number of hydrogen-bond acceptors (Lipinski definition) is 6. The number of thioether (sulfide) groups is 1. The van der Waals surface area contributed by atoms with Gasteiger partial charge in [-0.1, -0.05) is 19.1 Å². The molecule has 0 atom stereocenters. The van der Waals surface area contributed by atoms with Crippen molar-refractivity contribution in [1.82, 2.24) is 9.97 Å². The van der Waals surface area contributed by atoms with Gasteiger partial charge in [0.25, 0.3) is 5.91 Å². The highest BCUT2D eigenvalue weighted by molar-refractivity contribution is 7.99. The maximum Gasteiger partial charge on any atom is 0.257 e. The van der Waals surface area contributed by atoms with Crippen LogP contribution in [0.15, 0.2) is 53.0 Å². The predicted octanol–water partition coefficient (Wildman–Crippen LogP) is 4.97. The van der Waals surface area contributed by atoms with Crippen molar-refractivity contribution in [1.29, 1.82) is 0 Å². The van der Waals surface area contributed by atoms with E-state index in [9.17, 15) is 4.79 Å². The molecule has 2 heterocycles. The van der Waals surface area contributed by atoms with Gasteiger partial charge < -0.3 is 4.74 Å². The summed E-state index contributed by atoms with van der Waals surface area (Å²) in [5.74, 6) is 1.51. The summed E-state index contributed by atoms with van der Waals surface area (Å²) >= 11 is 2.99. The summed E-state index contributed by atoms with van der Waals surface area (Å²) in [5.41, 5.74) is 2.27. The van der Waals surface area contributed by atoms with Gasteiger partial charge in [0.05, 0.1) is 17.3 Å². The summed E-state index contributed by atoms with van der Waals surface area (Å²) in [5, 5.41) is 6.17. The number of ether oxygens (including phenoxy) is 1. The maximum atomic E-state index is 12.5. The van der Waals surface area contributed by atoms with Crippen LogP contribution in [-0.2, 0) is 0 Å². The number of carbonyl (C=O) groups is 1. The Bertz CT molecular complexity index is 896. The number of amides is 1. The molecule has 0 bridgehead atoms. The lowest BCUT2D eigenvalue weighted by Crippen LogP contribution is -2.12. The van der Waals surface area contributed by atoms with E-state index in [1.807, 2.05) is 36.6 Å². The van der Waals surface area contributed by atoms with Crippen molar-refractivity contribution < 1.29 is 9.53 Å². The summed E-state index contributed by atoms with van der Waals surface area (Å²) < 4.78 is 5.66. The third-order valence-corrected chi connectivity index (χ3v) is 5.04. The van der Waals surface area contributed by atoms with Gasteiger partial charge >= 0.3 is 0 Å². The molecule has 3 aromatic rings. The first-order valence-corrected chi connectivity index (χ1v) is 10.2. The van der Waals surface area contributed by atoms with Gasteiger partial charge in [-0.15, -0.1) is 23.1 Å². The fourth-order valence-electron chi connectivity index (χ4n) is 2.36. The lowest BCUT2D eigenvalue weighted by Gasteiger charge is -2.07. The van der Waals surface area contributed by atoms with Gasteiger partial charge in [-0.3, -0.25) is 10.1 Å². The molecule has 1 aromatic carbocycles. The van der Waals surface area contributed by atoms with E-state index in [-0.39, 0.29) is 5.91 Å². The van der Waals surface area contributed by atoms with Crippen LogP contribution in [0, 0.1) is 0 Å². The van der Waals surface area contributed by atoms with E-state index in [2.05, 4.69) is 22.2 Å². The van der Waals surface area contributed by atoms with E-state index in [1.54, 1.807) is 30.1 Å². The Labute approximate surface area is 160 Å². The number of pyridine rings is 1. The zero-order chi connectivity index (χ0) is 18.4. The highest BCUT2D eigenvalue weighted by atomic mass is 32.2. The molecule has 0 aliphatic carbocycles. The summed E-state index contributed by atoms with van der Waals surface area (Å²) in [4.78, 5) is 21.3. The van der Waals surface area contributed by atoms with Gasteiger partial charge in [-0.05, 0) is 36.9 Å². The van der Waals surface area contributed by atoms with Gasteiger partial charge in [0.15, 0.2) is 5.13 Å². The van der Waals surface area contributed by atoms with E-state index < -0.39 is 0 Å². The minimum atomic E-state index is -0.190. The number of aromatic nitrogens is 2. The first kappa shape index (κ1) is 18.4. The van der Waals surface area contributed by atoms with Crippen LogP contribution in [0.4, 0.5) is 5.13 Å².